The lowest BCUT2D eigenvalue weighted by atomic mass is 9.69. The van der Waals surface area contributed by atoms with E-state index in [1.165, 1.54) is 12.1 Å². The van der Waals surface area contributed by atoms with E-state index in [9.17, 15) is 4.79 Å². The summed E-state index contributed by atoms with van der Waals surface area (Å²) in [6.45, 7) is 5.76. The molecule has 1 fully saturated rings. The van der Waals surface area contributed by atoms with E-state index in [0.717, 1.165) is 59.2 Å². The molecule has 186 valence electrons. The fraction of sp³-hybridized carbons (Fsp3) is 0.483. The molecule has 6 nitrogen and oxygen atoms in total. The zero-order chi connectivity index (χ0) is 24.8. The quantitative estimate of drug-likeness (QED) is 0.466. The Kier molecular flexibility index (Phi) is 6.04. The summed E-state index contributed by atoms with van der Waals surface area (Å²) in [5, 5.41) is 4.98. The van der Waals surface area contributed by atoms with Gasteiger partial charge in [-0.15, -0.1) is 0 Å². The molecule has 1 saturated carbocycles. The predicted molar refractivity (Wildman–Crippen MR) is 137 cm³/mol. The first kappa shape index (κ1) is 23.7. The molecule has 1 aliphatic carbocycles. The van der Waals surface area contributed by atoms with Crippen LogP contribution in [0.4, 0.5) is 0 Å². The van der Waals surface area contributed by atoms with Crippen LogP contribution in [-0.2, 0) is 15.1 Å². The summed E-state index contributed by atoms with van der Waals surface area (Å²) in [7, 11) is 3.33. The maximum absolute atomic E-state index is 13.9. The molecule has 2 atom stereocenters. The molecule has 6 heteroatoms. The van der Waals surface area contributed by atoms with Crippen molar-refractivity contribution >= 4 is 16.9 Å². The topological polar surface area (TPSA) is 72.6 Å². The Morgan fingerprint density at radius 2 is 1.74 bits per heavy atom. The van der Waals surface area contributed by atoms with Crippen molar-refractivity contribution in [2.75, 3.05) is 14.2 Å². The Bertz CT molecular complexity index is 1230. The minimum atomic E-state index is -0.595. The van der Waals surface area contributed by atoms with E-state index >= 15 is 0 Å². The van der Waals surface area contributed by atoms with Gasteiger partial charge in [-0.3, -0.25) is 10.1 Å². The Labute approximate surface area is 207 Å². The number of carbonyl (C=O) groups excluding carboxylic acids is 1. The lowest BCUT2D eigenvalue weighted by Gasteiger charge is -2.47. The van der Waals surface area contributed by atoms with Gasteiger partial charge in [-0.1, -0.05) is 37.5 Å². The van der Waals surface area contributed by atoms with Gasteiger partial charge in [0.15, 0.2) is 0 Å². The molecule has 3 aromatic rings. The lowest BCUT2D eigenvalue weighted by Crippen LogP contribution is -2.59. The highest BCUT2D eigenvalue weighted by atomic mass is 16.6. The van der Waals surface area contributed by atoms with Gasteiger partial charge in [0.05, 0.1) is 19.8 Å². The minimum Gasteiger partial charge on any atom is -0.497 e. The molecular weight excluding hydrogens is 440 g/mol. The highest BCUT2D eigenvalue weighted by molar-refractivity contribution is 5.90. The maximum Gasteiger partial charge on any atom is 0.324 e. The van der Waals surface area contributed by atoms with Crippen molar-refractivity contribution in [1.82, 2.24) is 10.3 Å². The standard InChI is InChI=1S/C29H36N2O4/c1-28(2,3)35-27(32)25-23(20-17-18(33-4)13-14-22(20)34-5)24-19-11-7-8-12-21(19)30-26(24)29(31-25)15-9-6-10-16-29/h7-8,11-14,17,23,25,30-31H,6,9-10,15-16H2,1-5H3/t23-,25-/m1/s1. The number of nitrogens with one attached hydrogen (secondary N) is 2. The van der Waals surface area contributed by atoms with Gasteiger partial charge in [-0.25, -0.2) is 0 Å². The van der Waals surface area contributed by atoms with E-state index in [1.54, 1.807) is 14.2 Å². The number of esters is 1. The van der Waals surface area contributed by atoms with Crippen molar-refractivity contribution < 1.29 is 19.0 Å². The number of hydrogen-bond acceptors (Lipinski definition) is 5. The Hall–Kier alpha value is -2.99. The number of para-hydroxylation sites is 1. The van der Waals surface area contributed by atoms with Crippen LogP contribution in [0.2, 0.25) is 0 Å². The molecule has 2 heterocycles. The smallest absolute Gasteiger partial charge is 0.324 e. The first-order valence-corrected chi connectivity index (χ1v) is 12.6. The molecule has 0 radical (unpaired) electrons. The Morgan fingerprint density at radius 1 is 1.00 bits per heavy atom. The summed E-state index contributed by atoms with van der Waals surface area (Å²) in [6, 6.07) is 13.6. The summed E-state index contributed by atoms with van der Waals surface area (Å²) in [5.74, 6) is 0.895. The second-order valence-corrected chi connectivity index (χ2v) is 10.8. The van der Waals surface area contributed by atoms with E-state index in [1.807, 2.05) is 39.0 Å². The number of aromatic nitrogens is 1. The highest BCUT2D eigenvalue weighted by Crippen LogP contribution is 2.51. The van der Waals surface area contributed by atoms with E-state index in [-0.39, 0.29) is 17.4 Å². The number of carbonyl (C=O) groups is 1. The largest absolute Gasteiger partial charge is 0.497 e. The number of aromatic amines is 1. The average molecular weight is 477 g/mol. The van der Waals surface area contributed by atoms with Gasteiger partial charge >= 0.3 is 5.97 Å². The van der Waals surface area contributed by atoms with Crippen molar-refractivity contribution in [1.29, 1.82) is 0 Å². The second-order valence-electron chi connectivity index (χ2n) is 10.8. The first-order valence-electron chi connectivity index (χ1n) is 12.6. The molecule has 1 aromatic heterocycles. The number of hydrogen-bond donors (Lipinski definition) is 2. The number of ether oxygens (including phenoxy) is 3. The molecule has 2 aromatic carbocycles. The second kappa shape index (κ2) is 8.90. The van der Waals surface area contributed by atoms with Crippen LogP contribution in [0.5, 0.6) is 11.5 Å². The van der Waals surface area contributed by atoms with Crippen molar-refractivity contribution in [3.63, 3.8) is 0 Å². The highest BCUT2D eigenvalue weighted by Gasteiger charge is 2.51. The SMILES string of the molecule is COc1ccc(OC)c([C@@H]2c3c([nH]c4ccccc34)C3(CCCCC3)N[C@H]2C(=O)OC(C)(C)C)c1. The molecule has 5 rings (SSSR count). The molecule has 0 amide bonds. The fourth-order valence-corrected chi connectivity index (χ4v) is 6.01. The van der Waals surface area contributed by atoms with E-state index in [0.29, 0.717) is 0 Å². The Balaban J connectivity index is 1.79. The van der Waals surface area contributed by atoms with Crippen molar-refractivity contribution in [2.24, 2.45) is 0 Å². The van der Waals surface area contributed by atoms with Crippen LogP contribution in [0, 0.1) is 0 Å². The summed E-state index contributed by atoms with van der Waals surface area (Å²) in [4.78, 5) is 17.6. The summed E-state index contributed by atoms with van der Waals surface area (Å²) in [6.07, 6.45) is 5.41. The van der Waals surface area contributed by atoms with E-state index in [2.05, 4.69) is 34.6 Å². The number of rotatable bonds is 4. The van der Waals surface area contributed by atoms with Crippen molar-refractivity contribution in [3.8, 4) is 11.5 Å². The zero-order valence-electron chi connectivity index (χ0n) is 21.4. The van der Waals surface area contributed by atoms with Crippen LogP contribution >= 0.6 is 0 Å². The number of benzene rings is 2. The summed E-state index contributed by atoms with van der Waals surface area (Å²) < 4.78 is 17.4. The number of methoxy groups -OCH3 is 2. The first-order chi connectivity index (χ1) is 16.8. The molecule has 0 unspecified atom stereocenters. The van der Waals surface area contributed by atoms with Crippen LogP contribution in [-0.4, -0.2) is 36.8 Å². The molecule has 1 spiro atoms. The Morgan fingerprint density at radius 3 is 2.43 bits per heavy atom. The van der Waals surface area contributed by atoms with Gasteiger partial charge in [-0.05, 0) is 63.4 Å². The van der Waals surface area contributed by atoms with Crippen molar-refractivity contribution in [2.45, 2.75) is 76.0 Å². The van der Waals surface area contributed by atoms with E-state index in [4.69, 9.17) is 14.2 Å². The van der Waals surface area contributed by atoms with Crippen LogP contribution in [0.15, 0.2) is 42.5 Å². The third-order valence-corrected chi connectivity index (χ3v) is 7.44. The summed E-state index contributed by atoms with van der Waals surface area (Å²) >= 11 is 0. The summed E-state index contributed by atoms with van der Waals surface area (Å²) in [5.41, 5.74) is 3.45. The van der Waals surface area contributed by atoms with Crippen LogP contribution in [0.3, 0.4) is 0 Å². The molecular formula is C29H36N2O4. The third-order valence-electron chi connectivity index (χ3n) is 7.44. The van der Waals surface area contributed by atoms with Crippen LogP contribution < -0.4 is 14.8 Å². The van der Waals surface area contributed by atoms with Gasteiger partial charge in [0.2, 0.25) is 0 Å². The van der Waals surface area contributed by atoms with Gasteiger partial charge < -0.3 is 19.2 Å². The van der Waals surface area contributed by atoms with Gasteiger partial charge in [-0.2, -0.15) is 0 Å². The minimum absolute atomic E-state index is 0.242. The fourth-order valence-electron chi connectivity index (χ4n) is 6.01. The maximum atomic E-state index is 13.9. The molecule has 1 aliphatic heterocycles. The molecule has 0 saturated heterocycles. The van der Waals surface area contributed by atoms with Gasteiger partial charge in [0, 0.05) is 28.1 Å². The van der Waals surface area contributed by atoms with Gasteiger partial charge in [0.1, 0.15) is 23.1 Å². The molecule has 2 N–H and O–H groups in total. The van der Waals surface area contributed by atoms with Gasteiger partial charge in [0.25, 0.3) is 0 Å². The third kappa shape index (κ3) is 4.18. The molecule has 2 aliphatic rings. The normalized spacial score (nSPS) is 21.5. The number of fused-ring (bicyclic) bond motifs is 4. The predicted octanol–water partition coefficient (Wildman–Crippen LogP) is 5.79. The molecule has 0 bridgehead atoms. The number of H-pyrrole nitrogens is 1. The van der Waals surface area contributed by atoms with Crippen LogP contribution in [0.1, 0.15) is 75.6 Å². The lowest BCUT2D eigenvalue weighted by molar-refractivity contribution is -0.159. The average Bonchev–Trinajstić information content (AvgIpc) is 3.24. The van der Waals surface area contributed by atoms with E-state index < -0.39 is 11.6 Å². The van der Waals surface area contributed by atoms with Crippen LogP contribution in [0.25, 0.3) is 10.9 Å². The monoisotopic (exact) mass is 476 g/mol. The zero-order valence-corrected chi connectivity index (χ0v) is 21.4. The molecule has 35 heavy (non-hydrogen) atoms. The van der Waals surface area contributed by atoms with Crippen molar-refractivity contribution in [3.05, 3.63) is 59.3 Å².